The van der Waals surface area contributed by atoms with Crippen LogP contribution in [-0.2, 0) is 0 Å². The van der Waals surface area contributed by atoms with E-state index < -0.39 is 0 Å². The van der Waals surface area contributed by atoms with Gasteiger partial charge in [0.25, 0.3) is 0 Å². The molecule has 2 aromatic carbocycles. The third-order valence-corrected chi connectivity index (χ3v) is 2.65. The summed E-state index contributed by atoms with van der Waals surface area (Å²) in [4.78, 5) is 0. The lowest BCUT2D eigenvalue weighted by Crippen LogP contribution is -1.95. The summed E-state index contributed by atoms with van der Waals surface area (Å²) in [5.74, 6) is 0. The zero-order valence-electron chi connectivity index (χ0n) is 10.8. The van der Waals surface area contributed by atoms with Crippen LogP contribution in [-0.4, -0.2) is 0 Å². The van der Waals surface area contributed by atoms with Gasteiger partial charge in [-0.3, -0.25) is 0 Å². The molecule has 96 valence electrons. The van der Waals surface area contributed by atoms with Gasteiger partial charge >= 0.3 is 0 Å². The maximum Gasteiger partial charge on any atom is 0.0547 e. The molecule has 18 heavy (non-hydrogen) atoms. The highest BCUT2D eigenvalue weighted by atomic mass is 14.7. The summed E-state index contributed by atoms with van der Waals surface area (Å²) in [6, 6.07) is 11.0. The molecular weight excluding hydrogens is 224 g/mol. The van der Waals surface area contributed by atoms with Gasteiger partial charge in [0.05, 0.1) is 11.4 Å². The predicted octanol–water partition coefficient (Wildman–Crippen LogP) is 2.32. The molecule has 0 saturated heterocycles. The van der Waals surface area contributed by atoms with Crippen LogP contribution in [0.5, 0.6) is 0 Å². The van der Waals surface area contributed by atoms with Crippen LogP contribution in [0, 0.1) is 13.8 Å². The molecule has 0 aliphatic rings. The van der Waals surface area contributed by atoms with Crippen LogP contribution < -0.4 is 22.9 Å². The molecule has 0 radical (unpaired) electrons. The Morgan fingerprint density at radius 3 is 1.22 bits per heavy atom. The number of para-hydroxylation sites is 2. The number of aryl methyl sites for hydroxylation is 2. The summed E-state index contributed by atoms with van der Waals surface area (Å²) in [5, 5.41) is 0. The molecule has 8 N–H and O–H groups in total. The Morgan fingerprint density at radius 1 is 0.611 bits per heavy atom. The number of benzene rings is 2. The number of rotatable bonds is 0. The topological polar surface area (TPSA) is 104 Å². The van der Waals surface area contributed by atoms with Crippen molar-refractivity contribution in [2.24, 2.45) is 0 Å². The quantitative estimate of drug-likeness (QED) is 0.534. The molecule has 0 aliphatic carbocycles. The van der Waals surface area contributed by atoms with Crippen LogP contribution in [0.4, 0.5) is 22.7 Å². The fraction of sp³-hybridized carbons (Fsp3) is 0.143. The van der Waals surface area contributed by atoms with Gasteiger partial charge < -0.3 is 22.9 Å². The lowest BCUT2D eigenvalue weighted by atomic mass is 10.1. The maximum absolute atomic E-state index is 5.63. The molecular formula is C14H20N4. The second kappa shape index (κ2) is 5.82. The van der Waals surface area contributed by atoms with Crippen molar-refractivity contribution in [2.45, 2.75) is 13.8 Å². The molecule has 0 atom stereocenters. The largest absolute Gasteiger partial charge is 0.399 e. The molecule has 0 bridgehead atoms. The van der Waals surface area contributed by atoms with Gasteiger partial charge in [0.2, 0.25) is 0 Å². The second-order valence-corrected chi connectivity index (χ2v) is 4.19. The van der Waals surface area contributed by atoms with Crippen molar-refractivity contribution in [3.05, 3.63) is 47.5 Å². The van der Waals surface area contributed by atoms with Gasteiger partial charge in [-0.1, -0.05) is 12.1 Å². The van der Waals surface area contributed by atoms with E-state index in [0.717, 1.165) is 22.5 Å². The van der Waals surface area contributed by atoms with Crippen LogP contribution in [0.1, 0.15) is 11.1 Å². The third-order valence-electron chi connectivity index (χ3n) is 2.65. The van der Waals surface area contributed by atoms with Crippen molar-refractivity contribution < 1.29 is 0 Å². The molecule has 0 spiro atoms. The summed E-state index contributed by atoms with van der Waals surface area (Å²) in [5.41, 5.74) is 27.1. The van der Waals surface area contributed by atoms with E-state index in [1.165, 1.54) is 0 Å². The van der Waals surface area contributed by atoms with Crippen LogP contribution in [0.3, 0.4) is 0 Å². The predicted molar refractivity (Wildman–Crippen MR) is 80.0 cm³/mol. The van der Waals surface area contributed by atoms with Crippen molar-refractivity contribution in [1.29, 1.82) is 0 Å². The Labute approximate surface area is 108 Å². The van der Waals surface area contributed by atoms with E-state index >= 15 is 0 Å². The average Bonchev–Trinajstić information content (AvgIpc) is 2.31. The Kier molecular flexibility index (Phi) is 4.43. The molecule has 2 rings (SSSR count). The fourth-order valence-corrected chi connectivity index (χ4v) is 1.37. The van der Waals surface area contributed by atoms with Gasteiger partial charge in [0, 0.05) is 11.4 Å². The zero-order valence-corrected chi connectivity index (χ0v) is 10.8. The van der Waals surface area contributed by atoms with Crippen molar-refractivity contribution in [3.8, 4) is 0 Å². The molecule has 0 aromatic heterocycles. The fourth-order valence-electron chi connectivity index (χ4n) is 1.37. The highest BCUT2D eigenvalue weighted by Crippen LogP contribution is 2.18. The zero-order chi connectivity index (χ0) is 13.7. The first-order chi connectivity index (χ1) is 8.41. The van der Waals surface area contributed by atoms with Crippen molar-refractivity contribution in [2.75, 3.05) is 22.9 Å². The normalized spacial score (nSPS) is 9.44. The van der Waals surface area contributed by atoms with Crippen LogP contribution in [0.25, 0.3) is 0 Å². The number of nitrogen functional groups attached to an aromatic ring is 4. The molecule has 0 unspecified atom stereocenters. The maximum atomic E-state index is 5.63. The van der Waals surface area contributed by atoms with E-state index in [-0.39, 0.29) is 0 Å². The van der Waals surface area contributed by atoms with Crippen LogP contribution in [0.2, 0.25) is 0 Å². The molecule has 0 saturated carbocycles. The summed E-state index contributed by atoms with van der Waals surface area (Å²) >= 11 is 0. The lowest BCUT2D eigenvalue weighted by molar-refractivity contribution is 1.40. The van der Waals surface area contributed by atoms with Gasteiger partial charge in [0.1, 0.15) is 0 Å². The van der Waals surface area contributed by atoms with Crippen LogP contribution in [0.15, 0.2) is 36.4 Å². The van der Waals surface area contributed by atoms with E-state index in [0.29, 0.717) is 11.4 Å². The standard InChI is InChI=1S/C8H12N2.C6H8N2/c1-5-3-8(10)6(2)4-7(5)9;7-5-3-1-2-4-6(5)8/h3-4H,9-10H2,1-2H3;1-4H,7-8H2. The SMILES string of the molecule is Cc1cc(N)c(C)cc1N.Nc1ccccc1N. The minimum atomic E-state index is 0.646. The molecule has 4 nitrogen and oxygen atoms in total. The van der Waals surface area contributed by atoms with E-state index in [2.05, 4.69) is 0 Å². The molecule has 0 fully saturated rings. The summed E-state index contributed by atoms with van der Waals surface area (Å²) in [6.45, 7) is 3.90. The molecule has 4 heteroatoms. The average molecular weight is 244 g/mol. The summed E-state index contributed by atoms with van der Waals surface area (Å²) in [7, 11) is 0. The van der Waals surface area contributed by atoms with Gasteiger partial charge in [-0.2, -0.15) is 0 Å². The Hall–Kier alpha value is -2.36. The van der Waals surface area contributed by atoms with Gasteiger partial charge in [-0.25, -0.2) is 0 Å². The minimum absolute atomic E-state index is 0.646. The molecule has 2 aromatic rings. The Bertz CT molecular complexity index is 464. The highest BCUT2D eigenvalue weighted by Gasteiger charge is 1.96. The van der Waals surface area contributed by atoms with E-state index in [9.17, 15) is 0 Å². The molecule has 0 aliphatic heterocycles. The van der Waals surface area contributed by atoms with E-state index in [4.69, 9.17) is 22.9 Å². The van der Waals surface area contributed by atoms with Gasteiger partial charge in [-0.05, 0) is 49.2 Å². The first-order valence-electron chi connectivity index (χ1n) is 5.64. The minimum Gasteiger partial charge on any atom is -0.399 e. The van der Waals surface area contributed by atoms with E-state index in [1.807, 2.05) is 38.1 Å². The number of hydrogen-bond donors (Lipinski definition) is 4. The number of anilines is 4. The summed E-state index contributed by atoms with van der Waals surface area (Å²) < 4.78 is 0. The van der Waals surface area contributed by atoms with Crippen molar-refractivity contribution in [3.63, 3.8) is 0 Å². The van der Waals surface area contributed by atoms with Gasteiger partial charge in [-0.15, -0.1) is 0 Å². The highest BCUT2D eigenvalue weighted by molar-refractivity contribution is 5.62. The Morgan fingerprint density at radius 2 is 0.944 bits per heavy atom. The number of nitrogens with two attached hydrogens (primary N) is 4. The van der Waals surface area contributed by atoms with Crippen molar-refractivity contribution in [1.82, 2.24) is 0 Å². The smallest absolute Gasteiger partial charge is 0.0547 e. The third kappa shape index (κ3) is 3.59. The Balaban J connectivity index is 0.000000184. The van der Waals surface area contributed by atoms with Crippen LogP contribution >= 0.6 is 0 Å². The van der Waals surface area contributed by atoms with Gasteiger partial charge in [0.15, 0.2) is 0 Å². The lowest BCUT2D eigenvalue weighted by Gasteiger charge is -2.03. The molecule has 0 amide bonds. The first-order valence-corrected chi connectivity index (χ1v) is 5.64. The first kappa shape index (κ1) is 13.7. The van der Waals surface area contributed by atoms with E-state index in [1.54, 1.807) is 12.1 Å². The molecule has 0 heterocycles. The monoisotopic (exact) mass is 244 g/mol. The second-order valence-electron chi connectivity index (χ2n) is 4.19. The number of hydrogen-bond acceptors (Lipinski definition) is 4. The van der Waals surface area contributed by atoms with Crippen molar-refractivity contribution >= 4 is 22.7 Å². The summed E-state index contributed by atoms with van der Waals surface area (Å²) in [6.07, 6.45) is 0.